The van der Waals surface area contributed by atoms with Gasteiger partial charge in [-0.2, -0.15) is 0 Å². The van der Waals surface area contributed by atoms with Gasteiger partial charge in [-0.1, -0.05) is 42.5 Å². The number of benzene rings is 2. The van der Waals surface area contributed by atoms with Crippen LogP contribution in [0.15, 0.2) is 54.6 Å². The van der Waals surface area contributed by atoms with Gasteiger partial charge in [0.25, 0.3) is 5.91 Å². The number of hydrogen-bond donors (Lipinski definition) is 1. The fraction of sp³-hybridized carbons (Fsp3) is 0.263. The van der Waals surface area contributed by atoms with E-state index in [4.69, 9.17) is 0 Å². The van der Waals surface area contributed by atoms with Gasteiger partial charge in [0.1, 0.15) is 6.04 Å². The van der Waals surface area contributed by atoms with Gasteiger partial charge in [-0.05, 0) is 23.3 Å². The van der Waals surface area contributed by atoms with E-state index < -0.39 is 22.8 Å². The number of hydrogen-bond acceptors (Lipinski definition) is 3. The molecule has 2 unspecified atom stereocenters. The molecule has 25 heavy (non-hydrogen) atoms. The highest BCUT2D eigenvalue weighted by Crippen LogP contribution is 2.14. The molecule has 0 saturated carbocycles. The smallest absolute Gasteiger partial charge is 0.326 e. The Morgan fingerprint density at radius 1 is 1.08 bits per heavy atom. The van der Waals surface area contributed by atoms with Crippen molar-refractivity contribution in [2.75, 3.05) is 13.3 Å². The largest absolute Gasteiger partial charge is 0.480 e. The third kappa shape index (κ3) is 5.26. The Labute approximate surface area is 149 Å². The molecule has 2 aromatic carbocycles. The second-order valence-electron chi connectivity index (χ2n) is 5.88. The summed E-state index contributed by atoms with van der Waals surface area (Å²) in [6.07, 6.45) is 1.83. The zero-order valence-corrected chi connectivity index (χ0v) is 15.0. The molecular formula is C19H21NO4S. The molecule has 0 aromatic heterocycles. The lowest BCUT2D eigenvalue weighted by atomic mass is 10.0. The molecule has 6 heteroatoms. The second-order valence-corrected chi connectivity index (χ2v) is 7.31. The lowest BCUT2D eigenvalue weighted by Gasteiger charge is -2.25. The van der Waals surface area contributed by atoms with Crippen molar-refractivity contribution in [1.29, 1.82) is 0 Å². The molecule has 2 aromatic rings. The predicted octanol–water partition coefficient (Wildman–Crippen LogP) is 2.33. The topological polar surface area (TPSA) is 74.7 Å². The molecule has 0 saturated heterocycles. The zero-order valence-electron chi connectivity index (χ0n) is 14.2. The molecule has 0 heterocycles. The van der Waals surface area contributed by atoms with Gasteiger partial charge >= 0.3 is 5.97 Å². The maximum Gasteiger partial charge on any atom is 0.326 e. The average molecular weight is 359 g/mol. The van der Waals surface area contributed by atoms with Crippen molar-refractivity contribution in [2.24, 2.45) is 0 Å². The summed E-state index contributed by atoms with van der Waals surface area (Å²) in [7, 11) is 0.484. The average Bonchev–Trinajstić information content (AvgIpc) is 2.58. The van der Waals surface area contributed by atoms with E-state index in [9.17, 15) is 18.9 Å². The standard InChI is InChI=1S/C19H21NO4S/c1-20(17(19(22)23)12-14-7-4-3-5-8-14)18(21)16-10-6-9-15(11-16)13-25(2)24/h3-11,17H,12-13H2,1-2H3,(H,22,23). The fourth-order valence-corrected chi connectivity index (χ4v) is 3.25. The SMILES string of the molecule is CN(C(=O)c1cccc(CS(C)=O)c1)C(Cc1ccccc1)C(=O)O. The molecule has 132 valence electrons. The van der Waals surface area contributed by atoms with E-state index in [1.165, 1.54) is 11.9 Å². The molecule has 0 fully saturated rings. The van der Waals surface area contributed by atoms with Crippen LogP contribution >= 0.6 is 0 Å². The fourth-order valence-electron chi connectivity index (χ4n) is 2.60. The summed E-state index contributed by atoms with van der Waals surface area (Å²) in [5, 5.41) is 9.54. The number of amides is 1. The molecule has 0 spiro atoms. The van der Waals surface area contributed by atoms with Gasteiger partial charge in [0, 0.05) is 41.8 Å². The van der Waals surface area contributed by atoms with Crippen LogP contribution in [-0.4, -0.2) is 45.4 Å². The van der Waals surface area contributed by atoms with Crippen molar-refractivity contribution < 1.29 is 18.9 Å². The normalized spacial score (nSPS) is 13.0. The highest BCUT2D eigenvalue weighted by Gasteiger charge is 2.27. The van der Waals surface area contributed by atoms with Crippen LogP contribution < -0.4 is 0 Å². The monoisotopic (exact) mass is 359 g/mol. The summed E-state index contributed by atoms with van der Waals surface area (Å²) in [5.41, 5.74) is 2.03. The number of aliphatic carboxylic acids is 1. The lowest BCUT2D eigenvalue weighted by Crippen LogP contribution is -2.43. The molecule has 2 atom stereocenters. The Balaban J connectivity index is 2.21. The van der Waals surface area contributed by atoms with Crippen LogP contribution in [0.5, 0.6) is 0 Å². The van der Waals surface area contributed by atoms with Gasteiger partial charge in [-0.25, -0.2) is 4.79 Å². The molecule has 2 rings (SSSR count). The van der Waals surface area contributed by atoms with E-state index in [0.29, 0.717) is 11.3 Å². The van der Waals surface area contributed by atoms with Crippen LogP contribution in [0.25, 0.3) is 0 Å². The van der Waals surface area contributed by atoms with Crippen molar-refractivity contribution in [2.45, 2.75) is 18.2 Å². The van der Waals surface area contributed by atoms with Gasteiger partial charge in [0.05, 0.1) is 0 Å². The molecule has 5 nitrogen and oxygen atoms in total. The molecule has 0 bridgehead atoms. The van der Waals surface area contributed by atoms with Crippen molar-refractivity contribution >= 4 is 22.7 Å². The molecule has 0 aliphatic heterocycles. The minimum atomic E-state index is -1.05. The Morgan fingerprint density at radius 3 is 2.32 bits per heavy atom. The number of carbonyl (C=O) groups excluding carboxylic acids is 1. The summed E-state index contributed by atoms with van der Waals surface area (Å²) in [5.74, 6) is -1.06. The third-order valence-electron chi connectivity index (χ3n) is 3.89. The van der Waals surface area contributed by atoms with Crippen LogP contribution in [0, 0.1) is 0 Å². The van der Waals surface area contributed by atoms with Crippen molar-refractivity contribution in [3.8, 4) is 0 Å². The number of carboxylic acid groups (broad SMARTS) is 1. The number of carboxylic acids is 1. The highest BCUT2D eigenvalue weighted by atomic mass is 32.2. The van der Waals surface area contributed by atoms with E-state index in [1.54, 1.807) is 30.5 Å². The number of carbonyl (C=O) groups is 2. The van der Waals surface area contributed by atoms with Gasteiger partial charge in [0.15, 0.2) is 0 Å². The first-order valence-electron chi connectivity index (χ1n) is 7.81. The molecule has 0 aliphatic carbocycles. The summed E-state index contributed by atoms with van der Waals surface area (Å²) in [4.78, 5) is 25.6. The van der Waals surface area contributed by atoms with E-state index in [1.807, 2.05) is 30.3 Å². The van der Waals surface area contributed by atoms with Gasteiger partial charge in [-0.15, -0.1) is 0 Å². The number of rotatable bonds is 7. The number of nitrogens with zero attached hydrogens (tertiary/aromatic N) is 1. The van der Waals surface area contributed by atoms with Crippen LogP contribution in [0.3, 0.4) is 0 Å². The molecule has 0 aliphatic rings. The predicted molar refractivity (Wildman–Crippen MR) is 97.9 cm³/mol. The maximum atomic E-state index is 12.7. The van der Waals surface area contributed by atoms with Gasteiger partial charge in [-0.3, -0.25) is 9.00 Å². The second kappa shape index (κ2) is 8.58. The molecule has 0 radical (unpaired) electrons. The summed E-state index contributed by atoms with van der Waals surface area (Å²) < 4.78 is 11.4. The van der Waals surface area contributed by atoms with Crippen LogP contribution in [0.1, 0.15) is 21.5 Å². The first-order valence-corrected chi connectivity index (χ1v) is 9.54. The maximum absolute atomic E-state index is 12.7. The molecule has 1 N–H and O–H groups in total. The highest BCUT2D eigenvalue weighted by molar-refractivity contribution is 7.83. The Bertz CT molecular complexity index is 776. The van der Waals surface area contributed by atoms with Crippen molar-refractivity contribution in [3.63, 3.8) is 0 Å². The van der Waals surface area contributed by atoms with Crippen molar-refractivity contribution in [1.82, 2.24) is 4.90 Å². The van der Waals surface area contributed by atoms with Crippen LogP contribution in [-0.2, 0) is 27.8 Å². The Hall–Kier alpha value is -2.47. The van der Waals surface area contributed by atoms with E-state index in [0.717, 1.165) is 11.1 Å². The minimum absolute atomic E-state index is 0.233. The minimum Gasteiger partial charge on any atom is -0.480 e. The van der Waals surface area contributed by atoms with E-state index in [-0.39, 0.29) is 12.3 Å². The molecular weight excluding hydrogens is 338 g/mol. The van der Waals surface area contributed by atoms with Gasteiger partial charge < -0.3 is 10.0 Å². The van der Waals surface area contributed by atoms with Crippen molar-refractivity contribution in [3.05, 3.63) is 71.3 Å². The first kappa shape index (κ1) is 18.9. The Kier molecular flexibility index (Phi) is 6.47. The summed E-state index contributed by atoms with van der Waals surface area (Å²) >= 11 is 0. The zero-order chi connectivity index (χ0) is 18.4. The van der Waals surface area contributed by atoms with Gasteiger partial charge in [0.2, 0.25) is 0 Å². The van der Waals surface area contributed by atoms with Crippen LogP contribution in [0.4, 0.5) is 0 Å². The summed E-state index contributed by atoms with van der Waals surface area (Å²) in [6.45, 7) is 0. The third-order valence-corrected chi connectivity index (χ3v) is 4.63. The Morgan fingerprint density at radius 2 is 1.72 bits per heavy atom. The number of likely N-dealkylation sites (N-methyl/N-ethyl adjacent to an activating group) is 1. The lowest BCUT2D eigenvalue weighted by molar-refractivity contribution is -0.141. The first-order chi connectivity index (χ1) is 11.9. The molecule has 1 amide bonds. The quantitative estimate of drug-likeness (QED) is 0.823. The van der Waals surface area contributed by atoms with E-state index in [2.05, 4.69) is 0 Å². The summed E-state index contributed by atoms with van der Waals surface area (Å²) in [6, 6.07) is 15.1. The van der Waals surface area contributed by atoms with Crippen LogP contribution in [0.2, 0.25) is 0 Å². The van der Waals surface area contributed by atoms with E-state index >= 15 is 0 Å².